The molecule has 0 fully saturated rings. The Kier molecular flexibility index (Phi) is 7.98. The van der Waals surface area contributed by atoms with E-state index in [2.05, 4.69) is 17.4 Å². The van der Waals surface area contributed by atoms with Crippen molar-refractivity contribution in [2.75, 3.05) is 17.5 Å². The molecule has 1 aliphatic heterocycles. The van der Waals surface area contributed by atoms with Crippen molar-refractivity contribution in [2.45, 2.75) is 43.5 Å². The smallest absolute Gasteiger partial charge is 0.264 e. The fraction of sp³-hybridized carbons (Fsp3) is 0.296. The number of hydrogen-bond donors (Lipinski definition) is 1. The maximum atomic E-state index is 13.3. The number of fused-ring (bicyclic) bond motifs is 1. The van der Waals surface area contributed by atoms with Gasteiger partial charge >= 0.3 is 0 Å². The lowest BCUT2D eigenvalue weighted by atomic mass is 10.0. The lowest BCUT2D eigenvalue weighted by molar-refractivity contribution is -0.123. The molecule has 8 heteroatoms. The molecule has 0 saturated carbocycles. The lowest BCUT2D eigenvalue weighted by Gasteiger charge is -2.30. The van der Waals surface area contributed by atoms with E-state index in [1.807, 2.05) is 49.4 Å². The van der Waals surface area contributed by atoms with Crippen LogP contribution in [0.5, 0.6) is 5.75 Å². The maximum Gasteiger partial charge on any atom is 0.264 e. The topological polar surface area (TPSA) is 75.7 Å². The normalized spacial score (nSPS) is 14.2. The van der Waals surface area contributed by atoms with Crippen LogP contribution in [-0.4, -0.2) is 33.5 Å². The summed E-state index contributed by atoms with van der Waals surface area (Å²) in [4.78, 5) is 12.4. The molecule has 3 aromatic rings. The van der Waals surface area contributed by atoms with Gasteiger partial charge in [0.1, 0.15) is 5.75 Å². The van der Waals surface area contributed by atoms with Crippen LogP contribution in [0, 0.1) is 0 Å². The van der Waals surface area contributed by atoms with E-state index in [4.69, 9.17) is 16.3 Å². The van der Waals surface area contributed by atoms with Crippen molar-refractivity contribution in [3.05, 3.63) is 88.9 Å². The van der Waals surface area contributed by atoms with Gasteiger partial charge in [0, 0.05) is 12.6 Å². The quantitative estimate of drug-likeness (QED) is 0.438. The molecule has 184 valence electrons. The Labute approximate surface area is 211 Å². The van der Waals surface area contributed by atoms with Crippen molar-refractivity contribution in [2.24, 2.45) is 0 Å². The van der Waals surface area contributed by atoms with Crippen LogP contribution in [-0.2, 0) is 27.7 Å². The number of benzene rings is 3. The van der Waals surface area contributed by atoms with E-state index in [0.717, 1.165) is 31.2 Å². The van der Waals surface area contributed by atoms with Crippen molar-refractivity contribution in [1.29, 1.82) is 0 Å². The minimum absolute atomic E-state index is 0.0123. The highest BCUT2D eigenvalue weighted by Crippen LogP contribution is 2.34. The van der Waals surface area contributed by atoms with Gasteiger partial charge in [-0.15, -0.1) is 0 Å². The standard InChI is InChI=1S/C27H29ClN2O4S/c1-20(13-14-21-8-3-2-4-9-21)29-27(31)19-34-26-16-15-23(18-24(26)28)35(32,33)30-17-7-11-22-10-5-6-12-25(22)30/h2-6,8-10,12,15-16,18,20H,7,11,13-14,17,19H2,1H3,(H,29,31)/t20-/m0/s1. The highest BCUT2D eigenvalue weighted by molar-refractivity contribution is 7.92. The maximum absolute atomic E-state index is 13.3. The fourth-order valence-electron chi connectivity index (χ4n) is 4.19. The molecule has 0 saturated heterocycles. The molecule has 6 nitrogen and oxygen atoms in total. The first-order valence-electron chi connectivity index (χ1n) is 11.7. The third-order valence-corrected chi connectivity index (χ3v) is 8.14. The molecule has 0 aliphatic carbocycles. The van der Waals surface area contributed by atoms with E-state index >= 15 is 0 Å². The first-order valence-corrected chi connectivity index (χ1v) is 13.5. The van der Waals surface area contributed by atoms with Crippen LogP contribution in [0.3, 0.4) is 0 Å². The summed E-state index contributed by atoms with van der Waals surface area (Å²) in [6, 6.07) is 22.0. The van der Waals surface area contributed by atoms with E-state index in [0.29, 0.717) is 12.2 Å². The molecule has 1 atom stereocenters. The molecule has 0 aromatic heterocycles. The number of anilines is 1. The third-order valence-electron chi connectivity index (χ3n) is 6.03. The molecule has 0 bridgehead atoms. The average Bonchev–Trinajstić information content (AvgIpc) is 2.87. The van der Waals surface area contributed by atoms with Crippen LogP contribution in [0.1, 0.15) is 30.9 Å². The second-order valence-corrected chi connectivity index (χ2v) is 11.0. The second kappa shape index (κ2) is 11.1. The summed E-state index contributed by atoms with van der Waals surface area (Å²) in [7, 11) is -3.78. The summed E-state index contributed by atoms with van der Waals surface area (Å²) in [6.07, 6.45) is 3.28. The van der Waals surface area contributed by atoms with Crippen molar-refractivity contribution in [1.82, 2.24) is 5.32 Å². The third kappa shape index (κ3) is 6.16. The molecule has 3 aromatic carbocycles. The van der Waals surface area contributed by atoms with Gasteiger partial charge in [-0.1, -0.05) is 60.1 Å². The van der Waals surface area contributed by atoms with Gasteiger partial charge in [0.2, 0.25) is 0 Å². The fourth-order valence-corrected chi connectivity index (χ4v) is 6.06. The number of amides is 1. The van der Waals surface area contributed by atoms with Gasteiger partial charge in [-0.2, -0.15) is 0 Å². The number of ether oxygens (including phenoxy) is 1. The average molecular weight is 513 g/mol. The van der Waals surface area contributed by atoms with Crippen molar-refractivity contribution in [3.63, 3.8) is 0 Å². The summed E-state index contributed by atoms with van der Waals surface area (Å²) in [5.41, 5.74) is 2.94. The Morgan fingerprint density at radius 2 is 1.83 bits per heavy atom. The van der Waals surface area contributed by atoms with Gasteiger partial charge in [0.05, 0.1) is 15.6 Å². The van der Waals surface area contributed by atoms with Crippen LogP contribution in [0.4, 0.5) is 5.69 Å². The number of sulfonamides is 1. The molecule has 1 heterocycles. The van der Waals surface area contributed by atoms with Gasteiger partial charge < -0.3 is 10.1 Å². The van der Waals surface area contributed by atoms with E-state index in [-0.39, 0.29) is 34.2 Å². The number of carbonyl (C=O) groups excluding carboxylic acids is 1. The minimum atomic E-state index is -3.78. The zero-order valence-electron chi connectivity index (χ0n) is 19.6. The van der Waals surface area contributed by atoms with Gasteiger partial charge in [-0.25, -0.2) is 8.42 Å². The minimum Gasteiger partial charge on any atom is -0.482 e. The summed E-state index contributed by atoms with van der Waals surface area (Å²) >= 11 is 6.34. The van der Waals surface area contributed by atoms with Crippen LogP contribution >= 0.6 is 11.6 Å². The van der Waals surface area contributed by atoms with Gasteiger partial charge in [-0.3, -0.25) is 9.10 Å². The molecule has 0 unspecified atom stereocenters. The predicted molar refractivity (Wildman–Crippen MR) is 139 cm³/mol. The number of nitrogens with one attached hydrogen (secondary N) is 1. The summed E-state index contributed by atoms with van der Waals surface area (Å²) in [5, 5.41) is 3.06. The zero-order chi connectivity index (χ0) is 24.8. The second-order valence-electron chi connectivity index (χ2n) is 8.68. The number of para-hydroxylation sites is 1. The van der Waals surface area contributed by atoms with Crippen LogP contribution < -0.4 is 14.4 Å². The summed E-state index contributed by atoms with van der Waals surface area (Å²) in [6.45, 7) is 2.16. The number of carbonyl (C=O) groups is 1. The Bertz CT molecular complexity index is 1280. The van der Waals surface area contributed by atoms with Crippen LogP contribution in [0.15, 0.2) is 77.7 Å². The van der Waals surface area contributed by atoms with Crippen LogP contribution in [0.2, 0.25) is 5.02 Å². The molecule has 1 amide bonds. The molecule has 0 spiro atoms. The molecule has 4 rings (SSSR count). The van der Waals surface area contributed by atoms with Crippen LogP contribution in [0.25, 0.3) is 0 Å². The largest absolute Gasteiger partial charge is 0.482 e. The van der Waals surface area contributed by atoms with E-state index in [9.17, 15) is 13.2 Å². The lowest BCUT2D eigenvalue weighted by Crippen LogP contribution is -2.36. The van der Waals surface area contributed by atoms with Gasteiger partial charge in [0.15, 0.2) is 6.61 Å². The van der Waals surface area contributed by atoms with Crippen molar-refractivity contribution < 1.29 is 17.9 Å². The molecular weight excluding hydrogens is 484 g/mol. The van der Waals surface area contributed by atoms with Crippen molar-refractivity contribution >= 4 is 33.2 Å². The number of hydrogen-bond acceptors (Lipinski definition) is 4. The van der Waals surface area contributed by atoms with Gasteiger partial charge in [-0.05, 0) is 68.0 Å². The van der Waals surface area contributed by atoms with Gasteiger partial charge in [0.25, 0.3) is 15.9 Å². The molecular formula is C27H29ClN2O4S. The number of aryl methyl sites for hydroxylation is 2. The first-order chi connectivity index (χ1) is 16.8. The summed E-state index contributed by atoms with van der Waals surface area (Å²) < 4.78 is 33.7. The summed E-state index contributed by atoms with van der Waals surface area (Å²) in [5.74, 6) is -0.000000246. The SMILES string of the molecule is C[C@@H](CCc1ccccc1)NC(=O)COc1ccc(S(=O)(=O)N2CCCc3ccccc32)cc1Cl. The van der Waals surface area contributed by atoms with E-state index < -0.39 is 10.0 Å². The van der Waals surface area contributed by atoms with Crippen molar-refractivity contribution in [3.8, 4) is 5.75 Å². The Hall–Kier alpha value is -3.03. The highest BCUT2D eigenvalue weighted by atomic mass is 35.5. The Morgan fingerprint density at radius 1 is 1.09 bits per heavy atom. The van der Waals surface area contributed by atoms with E-state index in [1.54, 1.807) is 0 Å². The number of nitrogens with zero attached hydrogens (tertiary/aromatic N) is 1. The first kappa shape index (κ1) is 25.1. The molecule has 0 radical (unpaired) electrons. The van der Waals surface area contributed by atoms with E-state index in [1.165, 1.54) is 28.1 Å². The number of rotatable bonds is 9. The monoisotopic (exact) mass is 512 g/mol. The number of halogens is 1. The highest BCUT2D eigenvalue weighted by Gasteiger charge is 2.29. The Morgan fingerprint density at radius 3 is 2.60 bits per heavy atom. The Balaban J connectivity index is 1.35. The zero-order valence-corrected chi connectivity index (χ0v) is 21.2. The molecule has 1 aliphatic rings. The molecule has 1 N–H and O–H groups in total. The predicted octanol–water partition coefficient (Wildman–Crippen LogP) is 5.00. The molecule has 35 heavy (non-hydrogen) atoms.